The fourth-order valence-corrected chi connectivity index (χ4v) is 4.62. The maximum Gasteiger partial charge on any atom is 0.261 e. The van der Waals surface area contributed by atoms with Gasteiger partial charge in [-0.05, 0) is 49.6 Å². The Morgan fingerprint density at radius 3 is 2.71 bits per heavy atom. The average molecular weight is 495 g/mol. The molecule has 0 saturated carbocycles. The highest BCUT2D eigenvalue weighted by atomic mass is 35.5. The number of likely N-dealkylation sites (tertiary alicyclic amines) is 1. The molecule has 1 amide bonds. The molecule has 5 rings (SSSR count). The zero-order chi connectivity index (χ0) is 24.5. The Morgan fingerprint density at radius 1 is 1.17 bits per heavy atom. The maximum absolute atomic E-state index is 13.8. The van der Waals surface area contributed by atoms with E-state index in [1.54, 1.807) is 48.7 Å². The molecular formula is C24H23ClN6O4. The van der Waals surface area contributed by atoms with Crippen molar-refractivity contribution in [3.8, 4) is 28.6 Å². The molecule has 2 aromatic carbocycles. The van der Waals surface area contributed by atoms with Crippen molar-refractivity contribution in [3.63, 3.8) is 0 Å². The van der Waals surface area contributed by atoms with E-state index >= 15 is 0 Å². The van der Waals surface area contributed by atoms with Crippen LogP contribution in [0.5, 0.6) is 11.5 Å². The molecule has 0 aliphatic carbocycles. The van der Waals surface area contributed by atoms with Crippen LogP contribution in [0.15, 0.2) is 47.2 Å². The number of methoxy groups -OCH3 is 2. The molecule has 0 unspecified atom stereocenters. The number of aryl methyl sites for hydroxylation is 1. The van der Waals surface area contributed by atoms with Gasteiger partial charge in [0.2, 0.25) is 0 Å². The molecule has 0 N–H and O–H groups in total. The Balaban J connectivity index is 1.50. The zero-order valence-electron chi connectivity index (χ0n) is 19.4. The minimum Gasteiger partial charge on any atom is -0.496 e. The van der Waals surface area contributed by atoms with Crippen LogP contribution in [-0.2, 0) is 0 Å². The summed E-state index contributed by atoms with van der Waals surface area (Å²) in [6.07, 6.45) is 4.64. The standard InChI is InChI=1S/C24H23ClN6O4/c1-14-12-19(31-26-9-10-27-31)16(13-20(14)33-2)24(32)30-11-5-8-18(30)22-28-23(35-29-22)15-6-4-7-17(25)21(15)34-3/h4,6-7,9-10,12-13,18H,5,8,11H2,1-3H3/t18-/m0/s1. The van der Waals surface area contributed by atoms with E-state index in [1.165, 1.54) is 11.9 Å². The highest BCUT2D eigenvalue weighted by Crippen LogP contribution is 2.38. The van der Waals surface area contributed by atoms with Crippen LogP contribution in [-0.4, -0.2) is 56.7 Å². The van der Waals surface area contributed by atoms with Gasteiger partial charge in [0.1, 0.15) is 11.5 Å². The van der Waals surface area contributed by atoms with Crippen LogP contribution in [0.1, 0.15) is 40.6 Å². The fourth-order valence-electron chi connectivity index (χ4n) is 4.37. The van der Waals surface area contributed by atoms with E-state index < -0.39 is 0 Å². The number of amides is 1. The number of para-hydroxylation sites is 1. The Bertz CT molecular complexity index is 1370. The number of rotatable bonds is 6. The molecule has 1 saturated heterocycles. The minimum absolute atomic E-state index is 0.190. The Hall–Kier alpha value is -3.92. The van der Waals surface area contributed by atoms with Gasteiger partial charge < -0.3 is 18.9 Å². The van der Waals surface area contributed by atoms with Gasteiger partial charge in [0.25, 0.3) is 11.8 Å². The van der Waals surface area contributed by atoms with Crippen LogP contribution in [0.4, 0.5) is 0 Å². The lowest BCUT2D eigenvalue weighted by Crippen LogP contribution is -2.32. The fraction of sp³-hybridized carbons (Fsp3) is 0.292. The van der Waals surface area contributed by atoms with Gasteiger partial charge in [0, 0.05) is 6.54 Å². The van der Waals surface area contributed by atoms with Gasteiger partial charge in [-0.3, -0.25) is 4.79 Å². The molecule has 1 atom stereocenters. The number of nitrogens with zero attached hydrogens (tertiary/aromatic N) is 6. The minimum atomic E-state index is -0.351. The van der Waals surface area contributed by atoms with Gasteiger partial charge in [0.05, 0.1) is 54.5 Å². The monoisotopic (exact) mass is 494 g/mol. The predicted molar refractivity (Wildman–Crippen MR) is 127 cm³/mol. The lowest BCUT2D eigenvalue weighted by molar-refractivity contribution is 0.0727. The first kappa shape index (κ1) is 22.9. The summed E-state index contributed by atoms with van der Waals surface area (Å²) in [5.74, 6) is 1.56. The maximum atomic E-state index is 13.8. The second-order valence-corrected chi connectivity index (χ2v) is 8.50. The van der Waals surface area contributed by atoms with E-state index in [1.807, 2.05) is 13.0 Å². The summed E-state index contributed by atoms with van der Waals surface area (Å²) in [6, 6.07) is 8.52. The third-order valence-electron chi connectivity index (χ3n) is 6.03. The quantitative estimate of drug-likeness (QED) is 0.391. The second kappa shape index (κ2) is 9.38. The molecule has 2 aromatic heterocycles. The van der Waals surface area contributed by atoms with Crippen LogP contribution in [0.2, 0.25) is 5.02 Å². The van der Waals surface area contributed by atoms with Gasteiger partial charge in [-0.15, -0.1) is 0 Å². The second-order valence-electron chi connectivity index (χ2n) is 8.09. The highest BCUT2D eigenvalue weighted by molar-refractivity contribution is 6.32. The van der Waals surface area contributed by atoms with Gasteiger partial charge in [0.15, 0.2) is 5.82 Å². The number of carbonyl (C=O) groups is 1. The molecule has 10 nitrogen and oxygen atoms in total. The number of hydrogen-bond donors (Lipinski definition) is 0. The van der Waals surface area contributed by atoms with E-state index in [0.717, 1.165) is 12.0 Å². The van der Waals surface area contributed by atoms with Gasteiger partial charge in [-0.25, -0.2) is 0 Å². The summed E-state index contributed by atoms with van der Waals surface area (Å²) >= 11 is 6.25. The molecule has 3 heterocycles. The lowest BCUT2D eigenvalue weighted by Gasteiger charge is -2.24. The summed E-state index contributed by atoms with van der Waals surface area (Å²) in [7, 11) is 3.10. The molecule has 11 heteroatoms. The summed E-state index contributed by atoms with van der Waals surface area (Å²) in [6.45, 7) is 2.46. The van der Waals surface area contributed by atoms with E-state index in [0.29, 0.717) is 52.1 Å². The predicted octanol–water partition coefficient (Wildman–Crippen LogP) is 4.27. The molecule has 35 heavy (non-hydrogen) atoms. The summed E-state index contributed by atoms with van der Waals surface area (Å²) in [5, 5.41) is 13.1. The van der Waals surface area contributed by atoms with Crippen LogP contribution in [0, 0.1) is 6.92 Å². The molecule has 180 valence electrons. The summed E-state index contributed by atoms with van der Waals surface area (Å²) in [4.78, 5) is 21.6. The first-order chi connectivity index (χ1) is 17.0. The smallest absolute Gasteiger partial charge is 0.261 e. The molecule has 0 bridgehead atoms. The topological polar surface area (TPSA) is 108 Å². The molecular weight excluding hydrogens is 472 g/mol. The third kappa shape index (κ3) is 4.10. The molecule has 1 aliphatic heterocycles. The van der Waals surface area contributed by atoms with Crippen molar-refractivity contribution in [2.45, 2.75) is 25.8 Å². The highest BCUT2D eigenvalue weighted by Gasteiger charge is 2.36. The Morgan fingerprint density at radius 2 is 1.97 bits per heavy atom. The summed E-state index contributed by atoms with van der Waals surface area (Å²) < 4.78 is 16.4. The van der Waals surface area contributed by atoms with Crippen molar-refractivity contribution in [1.82, 2.24) is 30.0 Å². The summed E-state index contributed by atoms with van der Waals surface area (Å²) in [5.41, 5.74) is 2.45. The van der Waals surface area contributed by atoms with Crippen molar-refractivity contribution in [3.05, 3.63) is 64.7 Å². The van der Waals surface area contributed by atoms with E-state index in [4.69, 9.17) is 25.6 Å². The normalized spacial score (nSPS) is 15.4. The van der Waals surface area contributed by atoms with Crippen LogP contribution >= 0.6 is 11.6 Å². The Kier molecular flexibility index (Phi) is 6.12. The van der Waals surface area contributed by atoms with E-state index in [2.05, 4.69) is 20.3 Å². The average Bonchev–Trinajstić information content (AvgIpc) is 3.64. The number of halogens is 1. The van der Waals surface area contributed by atoms with Crippen molar-refractivity contribution in [1.29, 1.82) is 0 Å². The van der Waals surface area contributed by atoms with Crippen molar-refractivity contribution in [2.75, 3.05) is 20.8 Å². The van der Waals surface area contributed by atoms with Crippen molar-refractivity contribution in [2.24, 2.45) is 0 Å². The zero-order valence-corrected chi connectivity index (χ0v) is 20.2. The van der Waals surface area contributed by atoms with Crippen LogP contribution in [0.25, 0.3) is 17.1 Å². The van der Waals surface area contributed by atoms with Gasteiger partial charge >= 0.3 is 0 Å². The first-order valence-corrected chi connectivity index (χ1v) is 11.4. The van der Waals surface area contributed by atoms with Gasteiger partial charge in [-0.1, -0.05) is 22.8 Å². The van der Waals surface area contributed by atoms with Crippen LogP contribution < -0.4 is 9.47 Å². The molecule has 1 aliphatic rings. The largest absolute Gasteiger partial charge is 0.496 e. The number of carbonyl (C=O) groups excluding carboxylic acids is 1. The van der Waals surface area contributed by atoms with Crippen LogP contribution in [0.3, 0.4) is 0 Å². The number of hydrogen-bond acceptors (Lipinski definition) is 8. The van der Waals surface area contributed by atoms with Crippen molar-refractivity contribution < 1.29 is 18.8 Å². The number of ether oxygens (including phenoxy) is 2. The Labute approximate surface area is 206 Å². The third-order valence-corrected chi connectivity index (χ3v) is 6.33. The SMILES string of the molecule is COc1cc(C(=O)N2CCC[C@H]2c2noc(-c3cccc(Cl)c3OC)n2)c(-n2nccn2)cc1C. The molecule has 0 spiro atoms. The van der Waals surface area contributed by atoms with Gasteiger partial charge in [-0.2, -0.15) is 20.0 Å². The lowest BCUT2D eigenvalue weighted by atomic mass is 10.1. The van der Waals surface area contributed by atoms with Crippen molar-refractivity contribution >= 4 is 17.5 Å². The number of aromatic nitrogens is 5. The molecule has 0 radical (unpaired) electrons. The number of benzene rings is 2. The van der Waals surface area contributed by atoms with E-state index in [9.17, 15) is 4.79 Å². The molecule has 1 fully saturated rings. The first-order valence-electron chi connectivity index (χ1n) is 11.0. The van der Waals surface area contributed by atoms with E-state index in [-0.39, 0.29) is 17.8 Å². The molecule has 4 aromatic rings.